The molecule has 0 radical (unpaired) electrons. The number of halogens is 3. The van der Waals surface area contributed by atoms with Crippen LogP contribution in [0.25, 0.3) is 0 Å². The standard InChI is InChI=1S/C12H15F3N2O/c1-6(2)7(5-16)12(18)17-11-4-9(14)8(13)3-10(11)15/h3-4,6-7H,5,16H2,1-2H3,(H,17,18). The number of nitrogens with one attached hydrogen (secondary N) is 1. The van der Waals surface area contributed by atoms with Gasteiger partial charge in [0.25, 0.3) is 0 Å². The molecule has 18 heavy (non-hydrogen) atoms. The Morgan fingerprint density at radius 1 is 1.22 bits per heavy atom. The molecule has 0 fully saturated rings. The van der Waals surface area contributed by atoms with E-state index in [0.29, 0.717) is 12.1 Å². The number of hydrogen-bond acceptors (Lipinski definition) is 2. The summed E-state index contributed by atoms with van der Waals surface area (Å²) in [6.45, 7) is 3.67. The van der Waals surface area contributed by atoms with Crippen LogP contribution in [0, 0.1) is 29.3 Å². The molecule has 0 aliphatic heterocycles. The van der Waals surface area contributed by atoms with Crippen molar-refractivity contribution in [1.82, 2.24) is 0 Å². The molecule has 0 saturated carbocycles. The molecular weight excluding hydrogens is 245 g/mol. The van der Waals surface area contributed by atoms with E-state index in [0.717, 1.165) is 0 Å². The Balaban J connectivity index is 2.91. The summed E-state index contributed by atoms with van der Waals surface area (Å²) < 4.78 is 38.9. The summed E-state index contributed by atoms with van der Waals surface area (Å²) in [6.07, 6.45) is 0. The van der Waals surface area contributed by atoms with E-state index in [4.69, 9.17) is 5.73 Å². The lowest BCUT2D eigenvalue weighted by atomic mass is 9.95. The van der Waals surface area contributed by atoms with Crippen LogP contribution < -0.4 is 11.1 Å². The van der Waals surface area contributed by atoms with E-state index >= 15 is 0 Å². The van der Waals surface area contributed by atoms with Crippen molar-refractivity contribution in [3.63, 3.8) is 0 Å². The highest BCUT2D eigenvalue weighted by molar-refractivity contribution is 5.93. The maximum atomic E-state index is 13.3. The molecule has 0 heterocycles. The summed E-state index contributed by atoms with van der Waals surface area (Å²) in [5.41, 5.74) is 5.04. The van der Waals surface area contributed by atoms with Crippen LogP contribution in [0.15, 0.2) is 12.1 Å². The second kappa shape index (κ2) is 5.86. The zero-order chi connectivity index (χ0) is 13.9. The van der Waals surface area contributed by atoms with Crippen molar-refractivity contribution in [2.24, 2.45) is 17.6 Å². The zero-order valence-electron chi connectivity index (χ0n) is 10.1. The van der Waals surface area contributed by atoms with Crippen molar-refractivity contribution in [1.29, 1.82) is 0 Å². The van der Waals surface area contributed by atoms with E-state index in [9.17, 15) is 18.0 Å². The molecule has 1 amide bonds. The lowest BCUT2D eigenvalue weighted by molar-refractivity contribution is -0.120. The molecule has 0 aliphatic carbocycles. The highest BCUT2D eigenvalue weighted by Gasteiger charge is 2.22. The van der Waals surface area contributed by atoms with Gasteiger partial charge in [0.1, 0.15) is 5.82 Å². The van der Waals surface area contributed by atoms with E-state index < -0.39 is 35.0 Å². The average Bonchev–Trinajstić information content (AvgIpc) is 2.26. The lowest BCUT2D eigenvalue weighted by Gasteiger charge is -2.18. The van der Waals surface area contributed by atoms with E-state index in [-0.39, 0.29) is 12.5 Å². The number of nitrogens with two attached hydrogens (primary N) is 1. The molecule has 0 saturated heterocycles. The number of rotatable bonds is 4. The Bertz CT molecular complexity index is 449. The van der Waals surface area contributed by atoms with Gasteiger partial charge in [-0.1, -0.05) is 13.8 Å². The average molecular weight is 260 g/mol. The maximum Gasteiger partial charge on any atom is 0.229 e. The van der Waals surface area contributed by atoms with Crippen LogP contribution in [0.5, 0.6) is 0 Å². The first-order valence-corrected chi connectivity index (χ1v) is 5.52. The minimum Gasteiger partial charge on any atom is -0.330 e. The van der Waals surface area contributed by atoms with Gasteiger partial charge in [0.15, 0.2) is 11.6 Å². The predicted molar refractivity (Wildman–Crippen MR) is 62.3 cm³/mol. The van der Waals surface area contributed by atoms with Crippen molar-refractivity contribution in [3.8, 4) is 0 Å². The van der Waals surface area contributed by atoms with Gasteiger partial charge in [-0.05, 0) is 5.92 Å². The molecule has 0 aromatic heterocycles. The first-order chi connectivity index (χ1) is 8.36. The summed E-state index contributed by atoms with van der Waals surface area (Å²) in [7, 11) is 0. The smallest absolute Gasteiger partial charge is 0.229 e. The van der Waals surface area contributed by atoms with E-state index in [2.05, 4.69) is 5.32 Å². The largest absolute Gasteiger partial charge is 0.330 e. The van der Waals surface area contributed by atoms with Gasteiger partial charge in [0.2, 0.25) is 5.91 Å². The van der Waals surface area contributed by atoms with Crippen molar-refractivity contribution < 1.29 is 18.0 Å². The second-order valence-corrected chi connectivity index (χ2v) is 4.32. The third kappa shape index (κ3) is 3.22. The SMILES string of the molecule is CC(C)C(CN)C(=O)Nc1cc(F)c(F)cc1F. The fourth-order valence-corrected chi connectivity index (χ4v) is 1.53. The number of hydrogen-bond donors (Lipinski definition) is 2. The lowest BCUT2D eigenvalue weighted by Crippen LogP contribution is -2.33. The van der Waals surface area contributed by atoms with Gasteiger partial charge in [0, 0.05) is 18.7 Å². The van der Waals surface area contributed by atoms with Crippen molar-refractivity contribution in [2.45, 2.75) is 13.8 Å². The van der Waals surface area contributed by atoms with Gasteiger partial charge in [-0.2, -0.15) is 0 Å². The Hall–Kier alpha value is -1.56. The molecule has 1 atom stereocenters. The van der Waals surface area contributed by atoms with E-state index in [1.54, 1.807) is 13.8 Å². The van der Waals surface area contributed by atoms with Crippen molar-refractivity contribution in [2.75, 3.05) is 11.9 Å². The molecule has 1 rings (SSSR count). The first-order valence-electron chi connectivity index (χ1n) is 5.52. The molecule has 3 N–H and O–H groups in total. The second-order valence-electron chi connectivity index (χ2n) is 4.32. The summed E-state index contributed by atoms with van der Waals surface area (Å²) in [5.74, 6) is -4.62. The van der Waals surface area contributed by atoms with Crippen LogP contribution in [0.2, 0.25) is 0 Å². The minimum absolute atomic E-state index is 0.0386. The highest BCUT2D eigenvalue weighted by Crippen LogP contribution is 2.20. The molecule has 0 spiro atoms. The number of benzene rings is 1. The van der Waals surface area contributed by atoms with Crippen LogP contribution >= 0.6 is 0 Å². The first kappa shape index (κ1) is 14.5. The number of anilines is 1. The van der Waals surface area contributed by atoms with Crippen LogP contribution in [0.4, 0.5) is 18.9 Å². The monoisotopic (exact) mass is 260 g/mol. The van der Waals surface area contributed by atoms with Gasteiger partial charge in [-0.15, -0.1) is 0 Å². The van der Waals surface area contributed by atoms with Crippen molar-refractivity contribution in [3.05, 3.63) is 29.6 Å². The molecular formula is C12H15F3N2O. The Kier molecular flexibility index (Phi) is 4.72. The quantitative estimate of drug-likeness (QED) is 0.816. The van der Waals surface area contributed by atoms with Gasteiger partial charge in [-0.3, -0.25) is 4.79 Å². The third-order valence-corrected chi connectivity index (χ3v) is 2.66. The predicted octanol–water partition coefficient (Wildman–Crippen LogP) is 2.27. The van der Waals surface area contributed by atoms with E-state index in [1.165, 1.54) is 0 Å². The summed E-state index contributed by atoms with van der Waals surface area (Å²) in [6, 6.07) is 0.994. The molecule has 1 aromatic carbocycles. The topological polar surface area (TPSA) is 55.1 Å². The molecule has 3 nitrogen and oxygen atoms in total. The van der Waals surface area contributed by atoms with Gasteiger partial charge in [-0.25, -0.2) is 13.2 Å². The fraction of sp³-hybridized carbons (Fsp3) is 0.417. The minimum atomic E-state index is -1.30. The maximum absolute atomic E-state index is 13.3. The third-order valence-electron chi connectivity index (χ3n) is 2.66. The summed E-state index contributed by atoms with van der Waals surface area (Å²) in [5, 5.41) is 2.21. The molecule has 6 heteroatoms. The van der Waals surface area contributed by atoms with Crippen LogP contribution in [-0.2, 0) is 4.79 Å². The zero-order valence-corrected chi connectivity index (χ0v) is 10.1. The molecule has 1 unspecified atom stereocenters. The van der Waals surface area contributed by atoms with Gasteiger partial charge < -0.3 is 11.1 Å². The summed E-state index contributed by atoms with van der Waals surface area (Å²) in [4.78, 5) is 11.8. The number of carbonyl (C=O) groups excluding carboxylic acids is 1. The Morgan fingerprint density at radius 2 is 1.78 bits per heavy atom. The summed E-state index contributed by atoms with van der Waals surface area (Å²) >= 11 is 0. The molecule has 0 aliphatic rings. The van der Waals surface area contributed by atoms with Crippen molar-refractivity contribution >= 4 is 11.6 Å². The molecule has 0 bridgehead atoms. The van der Waals surface area contributed by atoms with E-state index in [1.807, 2.05) is 0 Å². The van der Waals surface area contributed by atoms with Gasteiger partial charge in [0.05, 0.1) is 11.6 Å². The number of carbonyl (C=O) groups is 1. The fourth-order valence-electron chi connectivity index (χ4n) is 1.53. The van der Waals surface area contributed by atoms with Crippen LogP contribution in [-0.4, -0.2) is 12.5 Å². The molecule has 100 valence electrons. The Labute approximate surface area is 103 Å². The number of amides is 1. The normalized spacial score (nSPS) is 12.6. The van der Waals surface area contributed by atoms with Crippen LogP contribution in [0.1, 0.15) is 13.8 Å². The van der Waals surface area contributed by atoms with Crippen LogP contribution in [0.3, 0.4) is 0 Å². The Morgan fingerprint density at radius 3 is 2.28 bits per heavy atom. The van der Waals surface area contributed by atoms with Gasteiger partial charge >= 0.3 is 0 Å². The highest BCUT2D eigenvalue weighted by atomic mass is 19.2. The molecule has 1 aromatic rings.